The van der Waals surface area contributed by atoms with Crippen LogP contribution in [0.25, 0.3) is 5.69 Å². The third-order valence-electron chi connectivity index (χ3n) is 5.27. The summed E-state index contributed by atoms with van der Waals surface area (Å²) < 4.78 is 6.82. The van der Waals surface area contributed by atoms with Gasteiger partial charge in [-0.2, -0.15) is 5.10 Å². The molecule has 0 fully saturated rings. The fraction of sp³-hybridized carbons (Fsp3) is 0.346. The number of benzene rings is 2. The highest BCUT2D eigenvalue weighted by Gasteiger charge is 2.18. The summed E-state index contributed by atoms with van der Waals surface area (Å²) in [6.45, 7) is 8.17. The summed E-state index contributed by atoms with van der Waals surface area (Å²) in [6.07, 6.45) is 1.79. The lowest BCUT2D eigenvalue weighted by Gasteiger charge is -2.15. The SMILES string of the molecule is CCOC(=O)c1cc(C(C)C)n(-c2ccc(C(=O)N[C@@H](C)CCc3ccccc3)cc2)n1. The molecule has 1 N–H and O–H groups in total. The monoisotopic (exact) mass is 433 g/mol. The maximum Gasteiger partial charge on any atom is 0.358 e. The van der Waals surface area contributed by atoms with Crippen LogP contribution in [0.5, 0.6) is 0 Å². The molecule has 6 nitrogen and oxygen atoms in total. The van der Waals surface area contributed by atoms with E-state index in [1.54, 1.807) is 29.8 Å². The van der Waals surface area contributed by atoms with Crippen LogP contribution in [0.2, 0.25) is 0 Å². The van der Waals surface area contributed by atoms with Crippen molar-refractivity contribution in [1.82, 2.24) is 15.1 Å². The van der Waals surface area contributed by atoms with E-state index in [-0.39, 0.29) is 23.6 Å². The summed E-state index contributed by atoms with van der Waals surface area (Å²) in [4.78, 5) is 24.8. The van der Waals surface area contributed by atoms with Crippen LogP contribution >= 0.6 is 0 Å². The zero-order valence-corrected chi connectivity index (χ0v) is 19.2. The van der Waals surface area contributed by atoms with Crippen LogP contribution in [-0.4, -0.2) is 34.3 Å². The summed E-state index contributed by atoms with van der Waals surface area (Å²) in [6, 6.07) is 19.3. The van der Waals surface area contributed by atoms with Gasteiger partial charge in [-0.3, -0.25) is 4.79 Å². The summed E-state index contributed by atoms with van der Waals surface area (Å²) in [5.41, 5.74) is 3.83. The van der Waals surface area contributed by atoms with Crippen molar-refractivity contribution in [2.45, 2.75) is 52.5 Å². The number of ether oxygens (including phenoxy) is 1. The lowest BCUT2D eigenvalue weighted by Crippen LogP contribution is -2.32. The number of carbonyl (C=O) groups excluding carboxylic acids is 2. The van der Waals surface area contributed by atoms with Gasteiger partial charge in [-0.05, 0) is 68.5 Å². The molecule has 6 heteroatoms. The molecular formula is C26H31N3O3. The minimum atomic E-state index is -0.436. The van der Waals surface area contributed by atoms with Gasteiger partial charge in [-0.25, -0.2) is 9.48 Å². The van der Waals surface area contributed by atoms with E-state index in [0.717, 1.165) is 24.2 Å². The van der Waals surface area contributed by atoms with E-state index in [1.807, 2.05) is 51.1 Å². The molecule has 0 aliphatic rings. The lowest BCUT2D eigenvalue weighted by atomic mass is 10.1. The highest BCUT2D eigenvalue weighted by molar-refractivity contribution is 5.94. The Labute approximate surface area is 189 Å². The van der Waals surface area contributed by atoms with Crippen molar-refractivity contribution >= 4 is 11.9 Å². The van der Waals surface area contributed by atoms with Crippen molar-refractivity contribution in [1.29, 1.82) is 0 Å². The Kier molecular flexibility index (Phi) is 7.82. The van der Waals surface area contributed by atoms with Crippen molar-refractivity contribution in [2.24, 2.45) is 0 Å². The van der Waals surface area contributed by atoms with Crippen molar-refractivity contribution in [3.05, 3.63) is 83.2 Å². The molecule has 0 unspecified atom stereocenters. The quantitative estimate of drug-likeness (QED) is 0.486. The smallest absolute Gasteiger partial charge is 0.358 e. The first-order valence-electron chi connectivity index (χ1n) is 11.1. The Morgan fingerprint density at radius 3 is 2.34 bits per heavy atom. The average molecular weight is 434 g/mol. The normalized spacial score (nSPS) is 11.9. The predicted octanol–water partition coefficient (Wildman–Crippen LogP) is 4.92. The van der Waals surface area contributed by atoms with E-state index in [4.69, 9.17) is 4.74 Å². The van der Waals surface area contributed by atoms with E-state index in [0.29, 0.717) is 12.2 Å². The number of esters is 1. The lowest BCUT2D eigenvalue weighted by molar-refractivity contribution is 0.0518. The van der Waals surface area contributed by atoms with Crippen LogP contribution in [0.15, 0.2) is 60.7 Å². The van der Waals surface area contributed by atoms with Crippen LogP contribution in [0, 0.1) is 0 Å². The van der Waals surface area contributed by atoms with Gasteiger partial charge in [-0.15, -0.1) is 0 Å². The summed E-state index contributed by atoms with van der Waals surface area (Å²) in [5, 5.41) is 7.50. The number of aromatic nitrogens is 2. The summed E-state index contributed by atoms with van der Waals surface area (Å²) in [7, 11) is 0. The molecule has 0 radical (unpaired) electrons. The van der Waals surface area contributed by atoms with Crippen LogP contribution in [-0.2, 0) is 11.2 Å². The van der Waals surface area contributed by atoms with Crippen LogP contribution < -0.4 is 5.32 Å². The molecule has 32 heavy (non-hydrogen) atoms. The largest absolute Gasteiger partial charge is 0.461 e. The molecule has 168 valence electrons. The van der Waals surface area contributed by atoms with Crippen molar-refractivity contribution in [3.63, 3.8) is 0 Å². The molecule has 3 aromatic rings. The minimum absolute atomic E-state index is 0.0631. The van der Waals surface area contributed by atoms with Crippen LogP contribution in [0.4, 0.5) is 0 Å². The first kappa shape index (κ1) is 23.3. The fourth-order valence-electron chi connectivity index (χ4n) is 3.48. The van der Waals surface area contributed by atoms with Gasteiger partial charge in [0.05, 0.1) is 12.3 Å². The number of nitrogens with zero attached hydrogens (tertiary/aromatic N) is 2. The highest BCUT2D eigenvalue weighted by atomic mass is 16.5. The first-order chi connectivity index (χ1) is 15.4. The third-order valence-corrected chi connectivity index (χ3v) is 5.27. The topological polar surface area (TPSA) is 73.2 Å². The molecular weight excluding hydrogens is 402 g/mol. The standard InChI is InChI=1S/C26H31N3O3/c1-5-32-26(31)23-17-24(18(2)3)29(28-23)22-15-13-21(14-16-22)25(30)27-19(4)11-12-20-9-7-6-8-10-20/h6-10,13-19H,5,11-12H2,1-4H3,(H,27,30)/t19-/m0/s1. The van der Waals surface area contributed by atoms with E-state index in [1.165, 1.54) is 5.56 Å². The van der Waals surface area contributed by atoms with Crippen molar-refractivity contribution < 1.29 is 14.3 Å². The molecule has 0 aliphatic heterocycles. The molecule has 0 saturated carbocycles. The number of hydrogen-bond acceptors (Lipinski definition) is 4. The first-order valence-corrected chi connectivity index (χ1v) is 11.1. The van der Waals surface area contributed by atoms with Crippen molar-refractivity contribution in [3.8, 4) is 5.69 Å². The second kappa shape index (κ2) is 10.8. The van der Waals surface area contributed by atoms with Gasteiger partial charge in [0, 0.05) is 17.3 Å². The Hall–Kier alpha value is -3.41. The van der Waals surface area contributed by atoms with E-state index < -0.39 is 5.97 Å². The molecule has 1 aromatic heterocycles. The summed E-state index contributed by atoms with van der Waals surface area (Å²) in [5.74, 6) is -0.373. The maximum atomic E-state index is 12.7. The average Bonchev–Trinajstić information content (AvgIpc) is 3.25. The Morgan fingerprint density at radius 2 is 1.72 bits per heavy atom. The predicted molar refractivity (Wildman–Crippen MR) is 125 cm³/mol. The molecule has 2 aromatic carbocycles. The van der Waals surface area contributed by atoms with Gasteiger partial charge in [0.1, 0.15) is 0 Å². The Bertz CT molecular complexity index is 1040. The molecule has 1 atom stereocenters. The Balaban J connectivity index is 1.67. The van der Waals surface area contributed by atoms with E-state index in [2.05, 4.69) is 22.5 Å². The number of rotatable bonds is 9. The third kappa shape index (κ3) is 5.84. The molecule has 0 bridgehead atoms. The second-order valence-electron chi connectivity index (χ2n) is 8.19. The van der Waals surface area contributed by atoms with Crippen LogP contribution in [0.1, 0.15) is 72.1 Å². The number of hydrogen-bond donors (Lipinski definition) is 1. The van der Waals surface area contributed by atoms with E-state index in [9.17, 15) is 9.59 Å². The molecule has 1 amide bonds. The Morgan fingerprint density at radius 1 is 1.03 bits per heavy atom. The highest BCUT2D eigenvalue weighted by Crippen LogP contribution is 2.21. The van der Waals surface area contributed by atoms with Gasteiger partial charge in [0.2, 0.25) is 0 Å². The summed E-state index contributed by atoms with van der Waals surface area (Å²) >= 11 is 0. The molecule has 0 spiro atoms. The molecule has 0 aliphatic carbocycles. The van der Waals surface area contributed by atoms with Gasteiger partial charge in [0.15, 0.2) is 5.69 Å². The van der Waals surface area contributed by atoms with Crippen LogP contribution in [0.3, 0.4) is 0 Å². The molecule has 0 saturated heterocycles. The van der Waals surface area contributed by atoms with Gasteiger partial charge in [-0.1, -0.05) is 44.2 Å². The second-order valence-corrected chi connectivity index (χ2v) is 8.19. The van der Waals surface area contributed by atoms with Gasteiger partial charge in [0.25, 0.3) is 5.91 Å². The number of carbonyl (C=O) groups is 2. The van der Waals surface area contributed by atoms with Gasteiger partial charge < -0.3 is 10.1 Å². The molecule has 3 rings (SSSR count). The fourth-order valence-corrected chi connectivity index (χ4v) is 3.48. The number of amides is 1. The van der Waals surface area contributed by atoms with E-state index >= 15 is 0 Å². The zero-order chi connectivity index (χ0) is 23.1. The zero-order valence-electron chi connectivity index (χ0n) is 19.2. The van der Waals surface area contributed by atoms with Crippen molar-refractivity contribution in [2.75, 3.05) is 6.61 Å². The molecule has 1 heterocycles. The number of aryl methyl sites for hydroxylation is 1. The minimum Gasteiger partial charge on any atom is -0.461 e. The van der Waals surface area contributed by atoms with Gasteiger partial charge >= 0.3 is 5.97 Å². The number of nitrogens with one attached hydrogen (secondary N) is 1. The maximum absolute atomic E-state index is 12.7.